The first-order valence-electron chi connectivity index (χ1n) is 5.02. The number of hydrogen-bond acceptors (Lipinski definition) is 0. The highest BCUT2D eigenvalue weighted by molar-refractivity contribution is 9.10. The van der Waals surface area contributed by atoms with Gasteiger partial charge in [0.2, 0.25) is 0 Å². The van der Waals surface area contributed by atoms with E-state index < -0.39 is 0 Å². The fourth-order valence-corrected chi connectivity index (χ4v) is 2.40. The molecule has 1 aromatic carbocycles. The second-order valence-corrected chi connectivity index (χ2v) is 5.03. The van der Waals surface area contributed by atoms with Crippen LogP contribution < -0.4 is 0 Å². The first kappa shape index (κ1) is 8.54. The fourth-order valence-electron chi connectivity index (χ4n) is 2.05. The van der Waals surface area contributed by atoms with E-state index in [1.807, 2.05) is 0 Å². The van der Waals surface area contributed by atoms with Gasteiger partial charge < -0.3 is 4.57 Å². The van der Waals surface area contributed by atoms with Crippen molar-refractivity contribution in [1.29, 1.82) is 0 Å². The van der Waals surface area contributed by atoms with Crippen LogP contribution in [0.15, 0.2) is 28.9 Å². The summed E-state index contributed by atoms with van der Waals surface area (Å²) in [6, 6.07) is 7.31. The van der Waals surface area contributed by atoms with E-state index in [0.29, 0.717) is 0 Å². The predicted molar refractivity (Wildman–Crippen MR) is 62.6 cm³/mol. The minimum Gasteiger partial charge on any atom is -0.344 e. The molecule has 2 heteroatoms. The maximum atomic E-state index is 3.53. The largest absolute Gasteiger partial charge is 0.344 e. The minimum atomic E-state index is 0.764. The lowest BCUT2D eigenvalue weighted by Gasteiger charge is -2.01. The highest BCUT2D eigenvalue weighted by Crippen LogP contribution is 2.39. The molecule has 1 fully saturated rings. The maximum absolute atomic E-state index is 3.53. The first-order chi connectivity index (χ1) is 6.75. The Labute approximate surface area is 91.9 Å². The van der Waals surface area contributed by atoms with Crippen LogP contribution in [0.3, 0.4) is 0 Å². The Bertz CT molecular complexity index is 494. The number of rotatable bonds is 1. The first-order valence-corrected chi connectivity index (χ1v) is 5.82. The van der Waals surface area contributed by atoms with Crippen molar-refractivity contribution in [2.45, 2.75) is 25.8 Å². The van der Waals surface area contributed by atoms with Gasteiger partial charge in [0.1, 0.15) is 0 Å². The van der Waals surface area contributed by atoms with Crippen LogP contribution in [0.25, 0.3) is 10.9 Å². The molecule has 1 aromatic heterocycles. The molecule has 72 valence electrons. The summed E-state index contributed by atoms with van der Waals surface area (Å²) >= 11 is 3.53. The zero-order valence-corrected chi connectivity index (χ0v) is 9.71. The number of aryl methyl sites for hydroxylation is 1. The van der Waals surface area contributed by atoms with Gasteiger partial charge in [0.05, 0.1) is 0 Å². The molecule has 0 atom stereocenters. The summed E-state index contributed by atoms with van der Waals surface area (Å²) in [6.45, 7) is 2.19. The SMILES string of the molecule is Cc1cn(C2CC2)c2cc(Br)ccc12. The average Bonchev–Trinajstić information content (AvgIpc) is 2.93. The monoisotopic (exact) mass is 249 g/mol. The molecule has 1 nitrogen and oxygen atoms in total. The van der Waals surface area contributed by atoms with Crippen LogP contribution in [0, 0.1) is 6.92 Å². The molecule has 1 aliphatic carbocycles. The van der Waals surface area contributed by atoms with Crippen molar-refractivity contribution in [2.75, 3.05) is 0 Å². The van der Waals surface area contributed by atoms with Gasteiger partial charge in [-0.05, 0) is 37.5 Å². The van der Waals surface area contributed by atoms with E-state index >= 15 is 0 Å². The zero-order valence-electron chi connectivity index (χ0n) is 8.13. The smallest absolute Gasteiger partial charge is 0.0496 e. The number of nitrogens with zero attached hydrogens (tertiary/aromatic N) is 1. The molecule has 0 amide bonds. The van der Waals surface area contributed by atoms with E-state index in [4.69, 9.17) is 0 Å². The van der Waals surface area contributed by atoms with Crippen molar-refractivity contribution < 1.29 is 0 Å². The molecule has 1 saturated carbocycles. The second kappa shape index (κ2) is 2.86. The third-order valence-corrected chi connectivity index (χ3v) is 3.43. The molecule has 0 spiro atoms. The quantitative estimate of drug-likeness (QED) is 0.719. The fraction of sp³-hybridized carbons (Fsp3) is 0.333. The van der Waals surface area contributed by atoms with Gasteiger partial charge in [0, 0.05) is 27.6 Å². The van der Waals surface area contributed by atoms with Crippen molar-refractivity contribution >= 4 is 26.8 Å². The molecule has 0 radical (unpaired) electrons. The summed E-state index contributed by atoms with van der Waals surface area (Å²) < 4.78 is 3.60. The van der Waals surface area contributed by atoms with Crippen LogP contribution in [0.5, 0.6) is 0 Å². The van der Waals surface area contributed by atoms with Crippen LogP contribution in [0.1, 0.15) is 24.4 Å². The Morgan fingerprint density at radius 3 is 2.86 bits per heavy atom. The molecule has 2 aromatic rings. The van der Waals surface area contributed by atoms with Gasteiger partial charge in [-0.1, -0.05) is 22.0 Å². The summed E-state index contributed by atoms with van der Waals surface area (Å²) in [5.41, 5.74) is 2.76. The van der Waals surface area contributed by atoms with Crippen molar-refractivity contribution in [2.24, 2.45) is 0 Å². The Balaban J connectivity index is 2.33. The summed E-state index contributed by atoms with van der Waals surface area (Å²) in [5.74, 6) is 0. The Morgan fingerprint density at radius 2 is 2.14 bits per heavy atom. The molecule has 3 rings (SSSR count). The van der Waals surface area contributed by atoms with E-state index in [-0.39, 0.29) is 0 Å². The number of halogens is 1. The molecule has 0 N–H and O–H groups in total. The predicted octanol–water partition coefficient (Wildman–Crippen LogP) is 4.05. The van der Waals surface area contributed by atoms with Crippen LogP contribution in [0.2, 0.25) is 0 Å². The Morgan fingerprint density at radius 1 is 1.36 bits per heavy atom. The Hall–Kier alpha value is -0.760. The highest BCUT2D eigenvalue weighted by Gasteiger charge is 2.25. The molecule has 0 bridgehead atoms. The van der Waals surface area contributed by atoms with E-state index in [1.165, 1.54) is 33.8 Å². The van der Waals surface area contributed by atoms with E-state index in [0.717, 1.165) is 6.04 Å². The molecular weight excluding hydrogens is 238 g/mol. The standard InChI is InChI=1S/C12H12BrN/c1-8-7-14(10-3-4-10)12-6-9(13)2-5-11(8)12/h2,5-7,10H,3-4H2,1H3. The lowest BCUT2D eigenvalue weighted by molar-refractivity contribution is 0.773. The van der Waals surface area contributed by atoms with Gasteiger partial charge in [-0.25, -0.2) is 0 Å². The van der Waals surface area contributed by atoms with Crippen LogP contribution in [-0.4, -0.2) is 4.57 Å². The van der Waals surface area contributed by atoms with Gasteiger partial charge in [-0.2, -0.15) is 0 Å². The molecule has 0 aliphatic heterocycles. The molecule has 0 unspecified atom stereocenters. The van der Waals surface area contributed by atoms with Gasteiger partial charge in [0.15, 0.2) is 0 Å². The number of hydrogen-bond donors (Lipinski definition) is 0. The summed E-state index contributed by atoms with van der Waals surface area (Å²) in [6.07, 6.45) is 4.97. The molecule has 14 heavy (non-hydrogen) atoms. The van der Waals surface area contributed by atoms with Crippen LogP contribution in [-0.2, 0) is 0 Å². The van der Waals surface area contributed by atoms with Gasteiger partial charge in [-0.15, -0.1) is 0 Å². The van der Waals surface area contributed by atoms with E-state index in [1.54, 1.807) is 0 Å². The van der Waals surface area contributed by atoms with E-state index in [2.05, 4.69) is 51.8 Å². The van der Waals surface area contributed by atoms with Gasteiger partial charge in [0.25, 0.3) is 0 Å². The number of fused-ring (bicyclic) bond motifs is 1. The van der Waals surface area contributed by atoms with Crippen molar-refractivity contribution in [3.63, 3.8) is 0 Å². The minimum absolute atomic E-state index is 0.764. The van der Waals surface area contributed by atoms with Crippen molar-refractivity contribution in [1.82, 2.24) is 4.57 Å². The highest BCUT2D eigenvalue weighted by atomic mass is 79.9. The number of benzene rings is 1. The summed E-state index contributed by atoms with van der Waals surface area (Å²) in [5, 5.41) is 1.39. The van der Waals surface area contributed by atoms with Crippen molar-refractivity contribution in [3.8, 4) is 0 Å². The van der Waals surface area contributed by atoms with Crippen LogP contribution in [0.4, 0.5) is 0 Å². The summed E-state index contributed by atoms with van der Waals surface area (Å²) in [7, 11) is 0. The number of aromatic nitrogens is 1. The lowest BCUT2D eigenvalue weighted by Crippen LogP contribution is -1.89. The normalized spacial score (nSPS) is 16.4. The lowest BCUT2D eigenvalue weighted by atomic mass is 10.2. The topological polar surface area (TPSA) is 4.93 Å². The Kier molecular flexibility index (Phi) is 1.75. The zero-order chi connectivity index (χ0) is 9.71. The molecule has 0 saturated heterocycles. The van der Waals surface area contributed by atoms with Crippen LogP contribution >= 0.6 is 15.9 Å². The average molecular weight is 250 g/mol. The molecule has 1 aliphatic rings. The van der Waals surface area contributed by atoms with Crippen molar-refractivity contribution in [3.05, 3.63) is 34.4 Å². The third-order valence-electron chi connectivity index (χ3n) is 2.94. The summed E-state index contributed by atoms with van der Waals surface area (Å²) in [4.78, 5) is 0. The maximum Gasteiger partial charge on any atom is 0.0496 e. The molecular formula is C12H12BrN. The van der Waals surface area contributed by atoms with Gasteiger partial charge >= 0.3 is 0 Å². The second-order valence-electron chi connectivity index (χ2n) is 4.11. The van der Waals surface area contributed by atoms with E-state index in [9.17, 15) is 0 Å². The van der Waals surface area contributed by atoms with Gasteiger partial charge in [-0.3, -0.25) is 0 Å². The third kappa shape index (κ3) is 1.21. The molecule has 1 heterocycles.